The SMILES string of the molecule is COC(=O)c1ccc(CSc2c(N)cccc2Cl)o1. The molecule has 0 unspecified atom stereocenters. The van der Waals surface area contributed by atoms with E-state index >= 15 is 0 Å². The first-order valence-electron chi connectivity index (χ1n) is 5.45. The summed E-state index contributed by atoms with van der Waals surface area (Å²) in [5.74, 6) is 0.883. The highest BCUT2D eigenvalue weighted by Gasteiger charge is 2.12. The number of anilines is 1. The number of halogens is 1. The van der Waals surface area contributed by atoms with E-state index in [2.05, 4.69) is 4.74 Å². The van der Waals surface area contributed by atoms with Gasteiger partial charge in [-0.05, 0) is 24.3 Å². The number of methoxy groups -OCH3 is 1. The van der Waals surface area contributed by atoms with Gasteiger partial charge in [-0.25, -0.2) is 4.79 Å². The van der Waals surface area contributed by atoms with Crippen molar-refractivity contribution in [2.45, 2.75) is 10.6 Å². The van der Waals surface area contributed by atoms with Crippen LogP contribution in [0.2, 0.25) is 5.02 Å². The first-order chi connectivity index (χ1) is 9.11. The molecule has 0 spiro atoms. The molecular formula is C13H12ClNO3S. The second-order valence-corrected chi connectivity index (χ2v) is 5.10. The topological polar surface area (TPSA) is 65.5 Å². The molecule has 2 N–H and O–H groups in total. The van der Waals surface area contributed by atoms with E-state index in [1.807, 2.05) is 0 Å². The molecule has 2 rings (SSSR count). The molecule has 0 saturated heterocycles. The zero-order valence-electron chi connectivity index (χ0n) is 10.2. The van der Waals surface area contributed by atoms with Crippen LogP contribution in [0.1, 0.15) is 16.3 Å². The average Bonchev–Trinajstić information content (AvgIpc) is 2.86. The summed E-state index contributed by atoms with van der Waals surface area (Å²) in [6.45, 7) is 0. The molecule has 6 heteroatoms. The van der Waals surface area contributed by atoms with Crippen molar-refractivity contribution in [1.82, 2.24) is 0 Å². The van der Waals surface area contributed by atoms with Gasteiger partial charge in [0.2, 0.25) is 5.76 Å². The molecule has 2 aromatic rings. The van der Waals surface area contributed by atoms with Crippen molar-refractivity contribution in [3.63, 3.8) is 0 Å². The number of nitrogens with two attached hydrogens (primary N) is 1. The number of carbonyl (C=O) groups is 1. The molecule has 0 radical (unpaired) electrons. The van der Waals surface area contributed by atoms with E-state index < -0.39 is 5.97 Å². The highest BCUT2D eigenvalue weighted by atomic mass is 35.5. The molecule has 0 bridgehead atoms. The Hall–Kier alpha value is -1.59. The predicted molar refractivity (Wildman–Crippen MR) is 75.5 cm³/mol. The van der Waals surface area contributed by atoms with Gasteiger partial charge < -0.3 is 14.9 Å². The van der Waals surface area contributed by atoms with Crippen LogP contribution in [0, 0.1) is 0 Å². The Balaban J connectivity index is 2.07. The van der Waals surface area contributed by atoms with Crippen LogP contribution in [0.5, 0.6) is 0 Å². The fourth-order valence-corrected chi connectivity index (χ4v) is 2.71. The summed E-state index contributed by atoms with van der Waals surface area (Å²) in [5, 5.41) is 0.602. The summed E-state index contributed by atoms with van der Waals surface area (Å²) in [6.07, 6.45) is 0. The highest BCUT2D eigenvalue weighted by Crippen LogP contribution is 2.34. The van der Waals surface area contributed by atoms with E-state index in [0.717, 1.165) is 4.90 Å². The molecule has 1 heterocycles. The monoisotopic (exact) mass is 297 g/mol. The van der Waals surface area contributed by atoms with Gasteiger partial charge in [-0.15, -0.1) is 11.8 Å². The van der Waals surface area contributed by atoms with Crippen LogP contribution in [-0.2, 0) is 10.5 Å². The molecule has 0 amide bonds. The van der Waals surface area contributed by atoms with E-state index in [0.29, 0.717) is 22.2 Å². The molecule has 0 aliphatic rings. The van der Waals surface area contributed by atoms with Crippen molar-refractivity contribution in [2.24, 2.45) is 0 Å². The van der Waals surface area contributed by atoms with Crippen molar-refractivity contribution in [3.8, 4) is 0 Å². The molecule has 0 saturated carbocycles. The molecule has 0 fully saturated rings. The van der Waals surface area contributed by atoms with Gasteiger partial charge in [0.25, 0.3) is 0 Å². The van der Waals surface area contributed by atoms with Gasteiger partial charge >= 0.3 is 5.97 Å². The Morgan fingerprint density at radius 3 is 2.89 bits per heavy atom. The maximum atomic E-state index is 11.2. The van der Waals surface area contributed by atoms with Gasteiger partial charge in [-0.2, -0.15) is 0 Å². The molecule has 1 aromatic heterocycles. The number of thioether (sulfide) groups is 1. The lowest BCUT2D eigenvalue weighted by molar-refractivity contribution is 0.0563. The Kier molecular flexibility index (Phi) is 4.39. The van der Waals surface area contributed by atoms with Gasteiger partial charge in [-0.1, -0.05) is 17.7 Å². The van der Waals surface area contributed by atoms with Crippen LogP contribution < -0.4 is 5.73 Å². The average molecular weight is 298 g/mol. The van der Waals surface area contributed by atoms with E-state index in [1.165, 1.54) is 18.9 Å². The summed E-state index contributed by atoms with van der Waals surface area (Å²) in [6, 6.07) is 8.67. The fourth-order valence-electron chi connectivity index (χ4n) is 1.49. The lowest BCUT2D eigenvalue weighted by Crippen LogP contribution is -1.98. The number of benzene rings is 1. The summed E-state index contributed by atoms with van der Waals surface area (Å²) < 4.78 is 9.93. The Bertz CT molecular complexity index is 577. The minimum absolute atomic E-state index is 0.185. The summed E-state index contributed by atoms with van der Waals surface area (Å²) >= 11 is 7.52. The van der Waals surface area contributed by atoms with Crippen LogP contribution in [-0.4, -0.2) is 13.1 Å². The highest BCUT2D eigenvalue weighted by molar-refractivity contribution is 7.98. The van der Waals surface area contributed by atoms with E-state index in [9.17, 15) is 4.79 Å². The summed E-state index contributed by atoms with van der Waals surface area (Å²) in [7, 11) is 1.31. The van der Waals surface area contributed by atoms with Crippen molar-refractivity contribution in [3.05, 3.63) is 46.9 Å². The smallest absolute Gasteiger partial charge is 0.373 e. The van der Waals surface area contributed by atoms with E-state index in [-0.39, 0.29) is 5.76 Å². The summed E-state index contributed by atoms with van der Waals surface area (Å²) in [4.78, 5) is 12.1. The van der Waals surface area contributed by atoms with E-state index in [4.69, 9.17) is 21.8 Å². The molecular weight excluding hydrogens is 286 g/mol. The van der Waals surface area contributed by atoms with E-state index in [1.54, 1.807) is 30.3 Å². The number of hydrogen-bond donors (Lipinski definition) is 1. The minimum atomic E-state index is -0.492. The van der Waals surface area contributed by atoms with Crippen molar-refractivity contribution < 1.29 is 13.9 Å². The van der Waals surface area contributed by atoms with Gasteiger partial charge in [0.05, 0.1) is 17.9 Å². The largest absolute Gasteiger partial charge is 0.463 e. The molecule has 1 aromatic carbocycles. The number of rotatable bonds is 4. The number of carbonyl (C=O) groups excluding carboxylic acids is 1. The van der Waals surface area contributed by atoms with Crippen LogP contribution in [0.3, 0.4) is 0 Å². The first kappa shape index (κ1) is 13.8. The molecule has 100 valence electrons. The standard InChI is InChI=1S/C13H12ClNO3S/c1-17-13(16)11-6-5-8(18-11)7-19-12-9(14)3-2-4-10(12)15/h2-6H,7,15H2,1H3. The predicted octanol–water partition coefficient (Wildman–Crippen LogP) is 3.59. The van der Waals surface area contributed by atoms with Crippen LogP contribution >= 0.6 is 23.4 Å². The van der Waals surface area contributed by atoms with Gasteiger partial charge in [0, 0.05) is 10.6 Å². The normalized spacial score (nSPS) is 10.4. The molecule has 4 nitrogen and oxygen atoms in total. The number of nitrogen functional groups attached to an aromatic ring is 1. The number of hydrogen-bond acceptors (Lipinski definition) is 5. The van der Waals surface area contributed by atoms with Crippen molar-refractivity contribution in [1.29, 1.82) is 0 Å². The lowest BCUT2D eigenvalue weighted by Gasteiger charge is -2.05. The number of esters is 1. The van der Waals surface area contributed by atoms with Crippen molar-refractivity contribution in [2.75, 3.05) is 12.8 Å². The quantitative estimate of drug-likeness (QED) is 0.531. The van der Waals surface area contributed by atoms with Crippen molar-refractivity contribution >= 4 is 35.0 Å². The lowest BCUT2D eigenvalue weighted by atomic mass is 10.3. The maximum absolute atomic E-state index is 11.2. The summed E-state index contributed by atoms with van der Waals surface area (Å²) in [5.41, 5.74) is 6.47. The van der Waals surface area contributed by atoms with Crippen LogP contribution in [0.4, 0.5) is 5.69 Å². The van der Waals surface area contributed by atoms with Gasteiger partial charge in [-0.3, -0.25) is 0 Å². The maximum Gasteiger partial charge on any atom is 0.373 e. The Morgan fingerprint density at radius 1 is 1.42 bits per heavy atom. The second kappa shape index (κ2) is 6.04. The third-order valence-corrected chi connectivity index (χ3v) is 4.00. The number of furan rings is 1. The van der Waals surface area contributed by atoms with Crippen LogP contribution in [0.25, 0.3) is 0 Å². The Labute approximate surface area is 119 Å². The molecule has 0 aliphatic carbocycles. The third-order valence-electron chi connectivity index (χ3n) is 2.40. The van der Waals surface area contributed by atoms with Crippen LogP contribution in [0.15, 0.2) is 39.6 Å². The molecule has 0 aliphatic heterocycles. The van der Waals surface area contributed by atoms with Gasteiger partial charge in [0.15, 0.2) is 0 Å². The third kappa shape index (κ3) is 3.24. The molecule has 19 heavy (non-hydrogen) atoms. The number of ether oxygens (including phenoxy) is 1. The zero-order valence-corrected chi connectivity index (χ0v) is 11.8. The molecule has 0 atom stereocenters. The minimum Gasteiger partial charge on any atom is -0.463 e. The first-order valence-corrected chi connectivity index (χ1v) is 6.82. The fraction of sp³-hybridized carbons (Fsp3) is 0.154. The zero-order chi connectivity index (χ0) is 13.8. The van der Waals surface area contributed by atoms with Gasteiger partial charge in [0.1, 0.15) is 5.76 Å². The second-order valence-electron chi connectivity index (χ2n) is 3.70. The Morgan fingerprint density at radius 2 is 2.21 bits per heavy atom.